The zero-order valence-electron chi connectivity index (χ0n) is 47.9. The molecule has 13 heteroatoms. The average Bonchev–Trinajstić information content (AvgIpc) is 3.37. The van der Waals surface area contributed by atoms with Gasteiger partial charge in [0.2, 0.25) is 0 Å². The normalized spacial score (nSPS) is 9.72. The van der Waals surface area contributed by atoms with Gasteiger partial charge in [-0.1, -0.05) is 113 Å². The molecule has 2 aliphatic rings. The molecule has 0 saturated carbocycles. The standard InChI is InChI=1S/C8H14N2.2C8H16.C7H11NO.C7H14O.C3H7N.C3H5N.2C3H9N.C3H6O2.2CH5N/c1-3-6-10-8-5-4-7(8)9-2;2*1-4-6-7-8(3)5-2;1-3-8-6-4-5-7(6)9-2;1-3-5-6-7(8)4-2;2*1-3-4-2;2*1-2-3-4;1-2-3(4)5;2*1-2/h4-5,9-10H,3,6H2,1-2H3;2*3-7H2,1-2H3;4-5,8H,3H2,1-2H3;3-6H2,1-2H3;2-3H2,1H3;1H2,2H3;2*2-4H2,1H3;2H2,1H3,(H,4,5);2*2H2,1H3. The molecule has 0 bridgehead atoms. The summed E-state index contributed by atoms with van der Waals surface area (Å²) in [6.07, 6.45) is 25.3. The molecule has 406 valence electrons. The van der Waals surface area contributed by atoms with E-state index in [4.69, 9.17) is 21.3 Å². The third kappa shape index (κ3) is 95.9. The van der Waals surface area contributed by atoms with E-state index in [2.05, 4.69) is 144 Å². The van der Waals surface area contributed by atoms with Crippen molar-refractivity contribution in [1.82, 2.24) is 16.0 Å². The van der Waals surface area contributed by atoms with Crippen LogP contribution in [0, 0.1) is 0 Å². The summed E-state index contributed by atoms with van der Waals surface area (Å²) in [6, 6.07) is 0. The number of rotatable bonds is 23. The molecule has 0 amide bonds. The van der Waals surface area contributed by atoms with Crippen molar-refractivity contribution in [3.05, 3.63) is 78.0 Å². The third-order valence-corrected chi connectivity index (χ3v) is 8.03. The highest BCUT2D eigenvalue weighted by atomic mass is 16.5. The predicted molar refractivity (Wildman–Crippen MR) is 309 cm³/mol. The van der Waals surface area contributed by atoms with Gasteiger partial charge in [-0.25, -0.2) is 4.99 Å². The average molecular weight is 969 g/mol. The minimum absolute atomic E-state index is 0.222. The number of nitrogens with one attached hydrogen (secondary N) is 3. The van der Waals surface area contributed by atoms with E-state index in [0.29, 0.717) is 12.2 Å². The summed E-state index contributed by atoms with van der Waals surface area (Å²) >= 11 is 0. The predicted octanol–water partition coefficient (Wildman–Crippen LogP) is 12.0. The number of unbranched alkanes of at least 4 members (excludes halogenated alkanes) is 3. The van der Waals surface area contributed by atoms with E-state index in [-0.39, 0.29) is 6.42 Å². The largest absolute Gasteiger partial charge is 0.495 e. The molecule has 0 aromatic heterocycles. The fourth-order valence-corrected chi connectivity index (χ4v) is 3.39. The van der Waals surface area contributed by atoms with E-state index in [0.717, 1.165) is 89.1 Å². The van der Waals surface area contributed by atoms with Crippen LogP contribution in [-0.2, 0) is 14.3 Å². The number of hydrogen-bond acceptors (Lipinski definition) is 12. The number of carboxylic acid groups (broad SMARTS) is 1. The number of likely N-dealkylation sites (N-methyl/N-ethyl adjacent to an activating group) is 2. The van der Waals surface area contributed by atoms with Gasteiger partial charge in [0.15, 0.2) is 0 Å². The Balaban J connectivity index is -0.0000000693. The number of hydrogen-bond donors (Lipinski definition) is 8. The van der Waals surface area contributed by atoms with Crippen LogP contribution in [0.1, 0.15) is 186 Å². The zero-order chi connectivity index (χ0) is 55.2. The van der Waals surface area contributed by atoms with Gasteiger partial charge < -0.3 is 53.7 Å². The van der Waals surface area contributed by atoms with Crippen LogP contribution in [0.5, 0.6) is 0 Å². The third-order valence-electron chi connectivity index (χ3n) is 8.03. The maximum Gasteiger partial charge on any atom is 0.303 e. The van der Waals surface area contributed by atoms with Crippen molar-refractivity contribution >= 4 is 24.3 Å². The van der Waals surface area contributed by atoms with Crippen molar-refractivity contribution in [2.75, 3.05) is 68.0 Å². The molecule has 0 saturated heterocycles. The van der Waals surface area contributed by atoms with E-state index < -0.39 is 5.97 Å². The van der Waals surface area contributed by atoms with Crippen molar-refractivity contribution in [1.29, 1.82) is 0 Å². The van der Waals surface area contributed by atoms with Gasteiger partial charge in [0.1, 0.15) is 11.5 Å². The second-order valence-electron chi connectivity index (χ2n) is 13.8. The first-order valence-electron chi connectivity index (χ1n) is 25.3. The number of carbonyl (C=O) groups is 2. The summed E-state index contributed by atoms with van der Waals surface area (Å²) in [5.41, 5.74) is 25.4. The molecule has 0 fully saturated rings. The number of nitrogens with two attached hydrogens (primary N) is 4. The van der Waals surface area contributed by atoms with Crippen LogP contribution in [0.2, 0.25) is 0 Å². The minimum atomic E-state index is -0.745. The molecule has 2 rings (SSSR count). The lowest BCUT2D eigenvalue weighted by atomic mass is 10.1. The molecule has 0 spiro atoms. The minimum Gasteiger partial charge on any atom is -0.495 e. The number of nitrogens with zero attached hydrogens (tertiary/aromatic N) is 2. The first kappa shape index (κ1) is 86.9. The van der Waals surface area contributed by atoms with E-state index in [1.807, 2.05) is 33.0 Å². The van der Waals surface area contributed by atoms with Crippen LogP contribution >= 0.6 is 0 Å². The Morgan fingerprint density at radius 2 is 1.01 bits per heavy atom. The van der Waals surface area contributed by atoms with Gasteiger partial charge in [-0.3, -0.25) is 9.59 Å². The number of carbonyl (C=O) groups excluding carboxylic acids is 1. The van der Waals surface area contributed by atoms with E-state index in [9.17, 15) is 9.59 Å². The number of aliphatic imine (C=N–C) groups is 2. The van der Waals surface area contributed by atoms with Crippen molar-refractivity contribution in [2.24, 2.45) is 32.9 Å². The highest BCUT2D eigenvalue weighted by Gasteiger charge is 2.07. The fraction of sp³-hybridized carbons (Fsp3) is 0.691. The molecular weight excluding hydrogens is 851 g/mol. The molecule has 0 unspecified atom stereocenters. The number of methoxy groups -OCH3 is 1. The lowest BCUT2D eigenvalue weighted by Gasteiger charge is -2.17. The smallest absolute Gasteiger partial charge is 0.303 e. The first-order valence-corrected chi connectivity index (χ1v) is 25.3. The Kier molecular flexibility index (Phi) is 114. The fourth-order valence-electron chi connectivity index (χ4n) is 3.39. The van der Waals surface area contributed by atoms with E-state index in [1.54, 1.807) is 21.1 Å². The molecule has 2 aliphatic carbocycles. The van der Waals surface area contributed by atoms with Gasteiger partial charge in [0.05, 0.1) is 24.2 Å². The van der Waals surface area contributed by atoms with Crippen molar-refractivity contribution in [2.45, 2.75) is 186 Å². The molecule has 0 aliphatic heterocycles. The van der Waals surface area contributed by atoms with Crippen LogP contribution in [0.25, 0.3) is 0 Å². The van der Waals surface area contributed by atoms with Gasteiger partial charge in [-0.05, 0) is 149 Å². The molecule has 0 aromatic carbocycles. The summed E-state index contributed by atoms with van der Waals surface area (Å²) in [5, 5.41) is 17.3. The Hall–Kier alpha value is -4.26. The number of carboxylic acids is 1. The number of aliphatic carboxylic acids is 1. The molecule has 0 heterocycles. The Bertz CT molecular complexity index is 1150. The number of ketones is 1. The second-order valence-corrected chi connectivity index (χ2v) is 13.8. The monoisotopic (exact) mass is 968 g/mol. The topological polar surface area (TPSA) is 228 Å². The van der Waals surface area contributed by atoms with Crippen molar-refractivity contribution in [3.8, 4) is 0 Å². The highest BCUT2D eigenvalue weighted by Crippen LogP contribution is 2.15. The maximum absolute atomic E-state index is 10.6. The summed E-state index contributed by atoms with van der Waals surface area (Å²) in [5.74, 6) is 2.91. The van der Waals surface area contributed by atoms with Gasteiger partial charge in [-0.15, -0.1) is 0 Å². The van der Waals surface area contributed by atoms with Crippen LogP contribution in [0.3, 0.4) is 0 Å². The van der Waals surface area contributed by atoms with Crippen molar-refractivity contribution in [3.63, 3.8) is 0 Å². The zero-order valence-corrected chi connectivity index (χ0v) is 47.9. The Morgan fingerprint density at radius 1 is 0.647 bits per heavy atom. The van der Waals surface area contributed by atoms with E-state index in [1.165, 1.54) is 81.6 Å². The first-order chi connectivity index (χ1) is 32.6. The lowest BCUT2D eigenvalue weighted by molar-refractivity contribution is -0.136. The van der Waals surface area contributed by atoms with Crippen LogP contribution in [0.4, 0.5) is 0 Å². The van der Waals surface area contributed by atoms with Gasteiger partial charge in [0.25, 0.3) is 0 Å². The van der Waals surface area contributed by atoms with Crippen molar-refractivity contribution < 1.29 is 19.4 Å². The second kappa shape index (κ2) is 89.3. The summed E-state index contributed by atoms with van der Waals surface area (Å²) < 4.78 is 4.98. The SMILES string of the molecule is C=C(CC)CCCC.C=C(CC)CCCC.C=C=NC.C=NCC.CCC(=O)O.CCCCC(=O)CC.CCCN.CCCN.CCCNC1=C(NC)C=C1.CCNC1=C(OC)C=C1.CN.CN. The highest BCUT2D eigenvalue weighted by molar-refractivity contribution is 5.77. The van der Waals surface area contributed by atoms with Gasteiger partial charge >= 0.3 is 5.97 Å². The lowest BCUT2D eigenvalue weighted by Crippen LogP contribution is -2.23. The Labute approximate surface area is 423 Å². The quantitative estimate of drug-likeness (QED) is 0.0355. The molecule has 0 radical (unpaired) electrons. The summed E-state index contributed by atoms with van der Waals surface area (Å²) in [4.78, 5) is 26.8. The van der Waals surface area contributed by atoms with Crippen LogP contribution in [0.15, 0.2) is 88.0 Å². The summed E-state index contributed by atoms with van der Waals surface area (Å²) in [6.45, 7) is 43.4. The molecular formula is C55H117N9O4. The van der Waals surface area contributed by atoms with Crippen LogP contribution < -0.4 is 38.9 Å². The van der Waals surface area contributed by atoms with Gasteiger partial charge in [-0.2, -0.15) is 0 Å². The molecule has 68 heavy (non-hydrogen) atoms. The molecule has 13 nitrogen and oxygen atoms in total. The summed E-state index contributed by atoms with van der Waals surface area (Å²) in [7, 11) is 8.25. The van der Waals surface area contributed by atoms with Gasteiger partial charge in [0, 0.05) is 53.0 Å². The maximum atomic E-state index is 10.6. The Morgan fingerprint density at radius 3 is 1.21 bits per heavy atom. The van der Waals surface area contributed by atoms with E-state index >= 15 is 0 Å². The van der Waals surface area contributed by atoms with Crippen LogP contribution in [-0.4, -0.2) is 97.5 Å². The molecule has 0 atom stereocenters. The molecule has 0 aromatic rings. The number of Topliss-reactive ketones (excluding diaryl/α,β-unsaturated/α-hetero) is 1. The molecule has 12 N–H and O–H groups in total. The number of allylic oxidation sites excluding steroid dienone is 6. The number of ether oxygens (including phenoxy) is 1.